The van der Waals surface area contributed by atoms with E-state index in [0.29, 0.717) is 13.0 Å². The van der Waals surface area contributed by atoms with E-state index in [9.17, 15) is 9.18 Å². The monoisotopic (exact) mass is 210 g/mol. The lowest BCUT2D eigenvalue weighted by molar-refractivity contribution is -0.121. The van der Waals surface area contributed by atoms with Crippen LogP contribution in [0.15, 0.2) is 24.3 Å². The Bertz CT molecular complexity index is 324. The zero-order valence-corrected chi connectivity index (χ0v) is 8.66. The highest BCUT2D eigenvalue weighted by molar-refractivity contribution is 5.76. The van der Waals surface area contributed by atoms with Gasteiger partial charge >= 0.3 is 0 Å². The number of amides is 1. The lowest BCUT2D eigenvalue weighted by Crippen LogP contribution is -2.22. The van der Waals surface area contributed by atoms with E-state index in [4.69, 9.17) is 5.73 Å². The molecule has 1 unspecified atom stereocenters. The van der Waals surface area contributed by atoms with E-state index in [0.717, 1.165) is 5.69 Å². The molecule has 0 heterocycles. The van der Waals surface area contributed by atoms with Gasteiger partial charge in [0.05, 0.1) is 0 Å². The van der Waals surface area contributed by atoms with Gasteiger partial charge in [-0.25, -0.2) is 4.39 Å². The van der Waals surface area contributed by atoms with Crippen LogP contribution in [0.2, 0.25) is 0 Å². The number of hydrogen-bond acceptors (Lipinski definition) is 2. The van der Waals surface area contributed by atoms with E-state index in [1.807, 2.05) is 0 Å². The maximum atomic E-state index is 12.6. The van der Waals surface area contributed by atoms with Gasteiger partial charge in [-0.15, -0.1) is 0 Å². The first-order valence-corrected chi connectivity index (χ1v) is 4.88. The van der Waals surface area contributed by atoms with Crippen LogP contribution in [0.25, 0.3) is 0 Å². The minimum atomic E-state index is -0.295. The Labute approximate surface area is 88.5 Å². The third-order valence-corrected chi connectivity index (χ3v) is 2.24. The molecular weight excluding hydrogens is 195 g/mol. The second-order valence-electron chi connectivity index (χ2n) is 3.53. The lowest BCUT2D eigenvalue weighted by Gasteiger charge is -2.09. The molecule has 1 atom stereocenters. The maximum absolute atomic E-state index is 12.6. The van der Waals surface area contributed by atoms with Crippen LogP contribution >= 0.6 is 0 Å². The molecule has 1 aromatic carbocycles. The molecule has 3 N–H and O–H groups in total. The zero-order valence-electron chi connectivity index (χ0n) is 8.66. The van der Waals surface area contributed by atoms with E-state index >= 15 is 0 Å². The number of carbonyl (C=O) groups excluding carboxylic acids is 1. The van der Waals surface area contributed by atoms with Crippen LogP contribution in [0.3, 0.4) is 0 Å². The zero-order chi connectivity index (χ0) is 11.3. The molecule has 4 heteroatoms. The van der Waals surface area contributed by atoms with E-state index in [1.165, 1.54) is 12.1 Å². The highest BCUT2D eigenvalue weighted by atomic mass is 19.1. The predicted octanol–water partition coefficient (Wildman–Crippen LogP) is 1.75. The van der Waals surface area contributed by atoms with Crippen molar-refractivity contribution in [2.75, 3.05) is 11.9 Å². The second-order valence-corrected chi connectivity index (χ2v) is 3.53. The summed E-state index contributed by atoms with van der Waals surface area (Å²) in [5, 5.41) is 3.08. The van der Waals surface area contributed by atoms with Crippen molar-refractivity contribution >= 4 is 11.6 Å². The summed E-state index contributed by atoms with van der Waals surface area (Å²) in [6.45, 7) is 2.43. The molecule has 1 aromatic rings. The molecule has 0 radical (unpaired) electrons. The second kappa shape index (κ2) is 5.34. The number of rotatable bonds is 5. The molecule has 3 nitrogen and oxygen atoms in total. The van der Waals surface area contributed by atoms with E-state index < -0.39 is 0 Å². The van der Waals surface area contributed by atoms with Crippen LogP contribution < -0.4 is 11.1 Å². The van der Waals surface area contributed by atoms with E-state index in [2.05, 4.69) is 5.32 Å². The van der Waals surface area contributed by atoms with Crippen molar-refractivity contribution in [3.63, 3.8) is 0 Å². The van der Waals surface area contributed by atoms with E-state index in [-0.39, 0.29) is 17.6 Å². The smallest absolute Gasteiger partial charge is 0.220 e. The summed E-state index contributed by atoms with van der Waals surface area (Å²) >= 11 is 0. The Morgan fingerprint density at radius 2 is 2.07 bits per heavy atom. The number of benzene rings is 1. The van der Waals surface area contributed by atoms with Crippen LogP contribution in [-0.4, -0.2) is 12.5 Å². The maximum Gasteiger partial charge on any atom is 0.220 e. The first kappa shape index (κ1) is 11.5. The Morgan fingerprint density at radius 1 is 1.47 bits per heavy atom. The van der Waals surface area contributed by atoms with Crippen LogP contribution in [0.1, 0.15) is 13.3 Å². The minimum absolute atomic E-state index is 0.141. The minimum Gasteiger partial charge on any atom is -0.385 e. The molecule has 82 valence electrons. The molecular formula is C11H15FN2O. The van der Waals surface area contributed by atoms with Gasteiger partial charge in [0.15, 0.2) is 0 Å². The number of nitrogens with one attached hydrogen (secondary N) is 1. The van der Waals surface area contributed by atoms with Crippen molar-refractivity contribution in [3.8, 4) is 0 Å². The van der Waals surface area contributed by atoms with Crippen molar-refractivity contribution in [1.82, 2.24) is 0 Å². The molecule has 0 aliphatic rings. The lowest BCUT2D eigenvalue weighted by atomic mass is 10.1. The first-order chi connectivity index (χ1) is 7.09. The standard InChI is InChI=1S/C11H15FN2O/c1-8(11(13)15)6-7-14-10-4-2-9(12)3-5-10/h2-5,8,14H,6-7H2,1H3,(H2,13,15). The van der Waals surface area contributed by atoms with Gasteiger partial charge in [0.25, 0.3) is 0 Å². The van der Waals surface area contributed by atoms with Crippen molar-refractivity contribution in [2.45, 2.75) is 13.3 Å². The predicted molar refractivity (Wildman–Crippen MR) is 57.9 cm³/mol. The van der Waals surface area contributed by atoms with Gasteiger partial charge < -0.3 is 11.1 Å². The van der Waals surface area contributed by atoms with Gasteiger partial charge in [-0.1, -0.05) is 6.92 Å². The molecule has 0 fully saturated rings. The van der Waals surface area contributed by atoms with Crippen LogP contribution in [0, 0.1) is 11.7 Å². The van der Waals surface area contributed by atoms with Crippen molar-refractivity contribution < 1.29 is 9.18 Å². The van der Waals surface area contributed by atoms with Crippen molar-refractivity contribution in [2.24, 2.45) is 11.7 Å². The molecule has 0 aliphatic heterocycles. The van der Waals surface area contributed by atoms with Crippen LogP contribution in [0.4, 0.5) is 10.1 Å². The molecule has 1 rings (SSSR count). The van der Waals surface area contributed by atoms with Crippen LogP contribution in [0.5, 0.6) is 0 Å². The molecule has 0 bridgehead atoms. The molecule has 0 aliphatic carbocycles. The molecule has 15 heavy (non-hydrogen) atoms. The highest BCUT2D eigenvalue weighted by Crippen LogP contribution is 2.09. The number of carbonyl (C=O) groups is 1. The van der Waals surface area contributed by atoms with E-state index in [1.54, 1.807) is 19.1 Å². The molecule has 1 amide bonds. The molecule has 0 saturated carbocycles. The Kier molecular flexibility index (Phi) is 4.09. The summed E-state index contributed by atoms with van der Waals surface area (Å²) in [5.41, 5.74) is 5.96. The fraction of sp³-hybridized carbons (Fsp3) is 0.364. The number of halogens is 1. The van der Waals surface area contributed by atoms with Crippen molar-refractivity contribution in [1.29, 1.82) is 0 Å². The largest absolute Gasteiger partial charge is 0.385 e. The summed E-state index contributed by atoms with van der Waals surface area (Å²) in [4.78, 5) is 10.7. The Hall–Kier alpha value is -1.58. The summed E-state index contributed by atoms with van der Waals surface area (Å²) in [5.74, 6) is -0.695. The van der Waals surface area contributed by atoms with Gasteiger partial charge in [0, 0.05) is 18.2 Å². The number of nitrogens with two attached hydrogens (primary N) is 1. The summed E-state index contributed by atoms with van der Waals surface area (Å²) in [7, 11) is 0. The third-order valence-electron chi connectivity index (χ3n) is 2.24. The number of primary amides is 1. The first-order valence-electron chi connectivity index (χ1n) is 4.88. The third kappa shape index (κ3) is 3.97. The van der Waals surface area contributed by atoms with Gasteiger partial charge in [-0.2, -0.15) is 0 Å². The average molecular weight is 210 g/mol. The average Bonchev–Trinajstić information content (AvgIpc) is 2.20. The van der Waals surface area contributed by atoms with Gasteiger partial charge in [0.2, 0.25) is 5.91 Å². The molecule has 0 saturated heterocycles. The van der Waals surface area contributed by atoms with Gasteiger partial charge in [-0.3, -0.25) is 4.79 Å². The Balaban J connectivity index is 2.32. The topological polar surface area (TPSA) is 55.1 Å². The Morgan fingerprint density at radius 3 is 2.60 bits per heavy atom. The molecule has 0 aromatic heterocycles. The summed E-state index contributed by atoms with van der Waals surface area (Å²) < 4.78 is 12.6. The fourth-order valence-electron chi connectivity index (χ4n) is 1.14. The molecule has 0 spiro atoms. The fourth-order valence-corrected chi connectivity index (χ4v) is 1.14. The van der Waals surface area contributed by atoms with Gasteiger partial charge in [0.1, 0.15) is 5.82 Å². The van der Waals surface area contributed by atoms with Crippen molar-refractivity contribution in [3.05, 3.63) is 30.1 Å². The summed E-state index contributed by atoms with van der Waals surface area (Å²) in [6, 6.07) is 6.09. The SMILES string of the molecule is CC(CCNc1ccc(F)cc1)C(N)=O. The number of anilines is 1. The number of hydrogen-bond donors (Lipinski definition) is 2. The quantitative estimate of drug-likeness (QED) is 0.777. The highest BCUT2D eigenvalue weighted by Gasteiger charge is 2.07. The summed E-state index contributed by atoms with van der Waals surface area (Å²) in [6.07, 6.45) is 0.673. The normalized spacial score (nSPS) is 12.1. The van der Waals surface area contributed by atoms with Gasteiger partial charge in [-0.05, 0) is 30.7 Å². The van der Waals surface area contributed by atoms with Crippen LogP contribution in [-0.2, 0) is 4.79 Å².